The van der Waals surface area contributed by atoms with Crippen LogP contribution >= 0.6 is 23.2 Å². The minimum Gasteiger partial charge on any atom is -0.399 e. The molecule has 9 heteroatoms. The second kappa shape index (κ2) is 15.5. The summed E-state index contributed by atoms with van der Waals surface area (Å²) in [6.45, 7) is 10.9. The number of halogens is 2. The largest absolute Gasteiger partial charge is 0.399 e. The van der Waals surface area contributed by atoms with Crippen LogP contribution in [0.3, 0.4) is 0 Å². The number of likely N-dealkylation sites (tertiary alicyclic amines) is 1. The van der Waals surface area contributed by atoms with Gasteiger partial charge in [-0.25, -0.2) is 4.98 Å². The van der Waals surface area contributed by atoms with Gasteiger partial charge in [-0.3, -0.25) is 4.79 Å². The number of benzene rings is 1. The summed E-state index contributed by atoms with van der Waals surface area (Å²) >= 11 is 12.3. The first kappa shape index (κ1) is 30.5. The highest BCUT2D eigenvalue weighted by molar-refractivity contribution is 6.33. The van der Waals surface area contributed by atoms with E-state index in [9.17, 15) is 4.79 Å². The predicted molar refractivity (Wildman–Crippen MR) is 164 cm³/mol. The van der Waals surface area contributed by atoms with Gasteiger partial charge in [0.2, 0.25) is 11.7 Å². The van der Waals surface area contributed by atoms with E-state index in [1.165, 1.54) is 6.20 Å². The molecule has 3 rings (SSSR count). The van der Waals surface area contributed by atoms with Crippen molar-refractivity contribution < 1.29 is 4.79 Å². The maximum absolute atomic E-state index is 11.0. The third-order valence-corrected chi connectivity index (χ3v) is 7.63. The highest BCUT2D eigenvalue weighted by atomic mass is 35.5. The molecule has 39 heavy (non-hydrogen) atoms. The molecule has 1 aliphatic heterocycles. The monoisotopic (exact) mass is 570 g/mol. The normalized spacial score (nSPS) is 15.6. The topological polar surface area (TPSA) is 96.2 Å². The van der Waals surface area contributed by atoms with Crippen LogP contribution in [0, 0.1) is 11.8 Å². The summed E-state index contributed by atoms with van der Waals surface area (Å²) in [5.41, 5.74) is 11.2. The van der Waals surface area contributed by atoms with Crippen molar-refractivity contribution >= 4 is 46.8 Å². The van der Waals surface area contributed by atoms with E-state index in [0.29, 0.717) is 22.7 Å². The van der Waals surface area contributed by atoms with Gasteiger partial charge in [-0.1, -0.05) is 50.6 Å². The SMILES string of the molecule is C=C/C(=C\C(N)=C/C(C)CC)CCc1cc(Nc2nc(Cl)ncc2Cl)ccc1NCCC1CCN(C=O)CC1. The van der Waals surface area contributed by atoms with Crippen molar-refractivity contribution in [2.45, 2.75) is 52.4 Å². The number of piperidine rings is 1. The molecule has 1 amide bonds. The van der Waals surface area contributed by atoms with E-state index in [-0.39, 0.29) is 5.28 Å². The summed E-state index contributed by atoms with van der Waals surface area (Å²) in [5.74, 6) is 1.51. The number of hydrogen-bond donors (Lipinski definition) is 3. The fourth-order valence-electron chi connectivity index (χ4n) is 4.60. The Hall–Kier alpha value is -3.03. The van der Waals surface area contributed by atoms with Crippen LogP contribution in [0.4, 0.5) is 17.2 Å². The van der Waals surface area contributed by atoms with Crippen LogP contribution in [0.5, 0.6) is 0 Å². The molecule has 2 heterocycles. The zero-order valence-corrected chi connectivity index (χ0v) is 24.4. The van der Waals surface area contributed by atoms with Gasteiger partial charge in [0.25, 0.3) is 0 Å². The van der Waals surface area contributed by atoms with E-state index in [2.05, 4.69) is 59.2 Å². The van der Waals surface area contributed by atoms with Crippen LogP contribution in [0.2, 0.25) is 10.3 Å². The molecule has 1 aromatic heterocycles. The third kappa shape index (κ3) is 9.90. The first-order valence-electron chi connectivity index (χ1n) is 13.6. The molecule has 210 valence electrons. The van der Waals surface area contributed by atoms with Crippen molar-refractivity contribution in [2.24, 2.45) is 17.6 Å². The Balaban J connectivity index is 1.74. The van der Waals surface area contributed by atoms with Crippen LogP contribution in [0.25, 0.3) is 0 Å². The van der Waals surface area contributed by atoms with Crippen molar-refractivity contribution in [3.63, 3.8) is 0 Å². The molecule has 1 atom stereocenters. The first-order valence-corrected chi connectivity index (χ1v) is 14.4. The zero-order valence-electron chi connectivity index (χ0n) is 22.9. The lowest BCUT2D eigenvalue weighted by Crippen LogP contribution is -2.33. The lowest BCUT2D eigenvalue weighted by molar-refractivity contribution is -0.119. The quantitative estimate of drug-likeness (QED) is 0.127. The Labute approximate surface area is 242 Å². The van der Waals surface area contributed by atoms with Crippen LogP contribution in [-0.4, -0.2) is 40.9 Å². The number of carbonyl (C=O) groups is 1. The van der Waals surface area contributed by atoms with Crippen molar-refractivity contribution in [1.82, 2.24) is 14.9 Å². The van der Waals surface area contributed by atoms with Crippen molar-refractivity contribution in [2.75, 3.05) is 30.3 Å². The number of amides is 1. The van der Waals surface area contributed by atoms with Gasteiger partial charge in [0.05, 0.1) is 6.20 Å². The van der Waals surface area contributed by atoms with Gasteiger partial charge < -0.3 is 21.3 Å². The van der Waals surface area contributed by atoms with E-state index in [1.807, 2.05) is 23.1 Å². The Bertz CT molecular complexity index is 1170. The van der Waals surface area contributed by atoms with Crippen molar-refractivity contribution in [1.29, 1.82) is 0 Å². The number of nitrogens with one attached hydrogen (secondary N) is 2. The van der Waals surface area contributed by atoms with Crippen molar-refractivity contribution in [3.05, 3.63) is 76.3 Å². The molecule has 0 radical (unpaired) electrons. The van der Waals surface area contributed by atoms with Gasteiger partial charge in [-0.2, -0.15) is 4.98 Å². The average molecular weight is 572 g/mol. The van der Waals surface area contributed by atoms with E-state index in [1.54, 1.807) is 0 Å². The van der Waals surface area contributed by atoms with Crippen LogP contribution in [-0.2, 0) is 11.2 Å². The molecule has 0 aliphatic carbocycles. The van der Waals surface area contributed by atoms with E-state index in [4.69, 9.17) is 28.9 Å². The molecule has 1 fully saturated rings. The molecule has 1 unspecified atom stereocenters. The lowest BCUT2D eigenvalue weighted by Gasteiger charge is -2.29. The van der Waals surface area contributed by atoms with E-state index < -0.39 is 0 Å². The number of rotatable bonds is 14. The average Bonchev–Trinajstić information content (AvgIpc) is 2.94. The number of nitrogens with zero attached hydrogens (tertiary/aromatic N) is 3. The molecule has 0 bridgehead atoms. The smallest absolute Gasteiger partial charge is 0.224 e. The van der Waals surface area contributed by atoms with Crippen LogP contribution in [0.15, 0.2) is 60.5 Å². The van der Waals surface area contributed by atoms with E-state index in [0.717, 1.165) is 92.8 Å². The first-order chi connectivity index (χ1) is 18.8. The fraction of sp³-hybridized carbons (Fsp3) is 0.433. The number of carbonyl (C=O) groups excluding carboxylic acids is 1. The third-order valence-electron chi connectivity index (χ3n) is 7.17. The van der Waals surface area contributed by atoms with Gasteiger partial charge in [0.1, 0.15) is 5.02 Å². The number of anilines is 3. The lowest BCUT2D eigenvalue weighted by atomic mass is 9.93. The fourth-order valence-corrected chi connectivity index (χ4v) is 4.87. The second-order valence-corrected chi connectivity index (χ2v) is 10.9. The van der Waals surface area contributed by atoms with Gasteiger partial charge in [-0.05, 0) is 91.0 Å². The molecular formula is C30H40Cl2N6O. The molecule has 7 nitrogen and oxygen atoms in total. The maximum Gasteiger partial charge on any atom is 0.224 e. The summed E-state index contributed by atoms with van der Waals surface area (Å²) in [6.07, 6.45) is 14.2. The number of allylic oxidation sites excluding steroid dienone is 4. The predicted octanol–water partition coefficient (Wildman–Crippen LogP) is 7.13. The molecule has 1 saturated heterocycles. The van der Waals surface area contributed by atoms with Crippen LogP contribution < -0.4 is 16.4 Å². The molecule has 2 aromatic rings. The Kier molecular flexibility index (Phi) is 12.2. The second-order valence-electron chi connectivity index (χ2n) is 10.1. The summed E-state index contributed by atoms with van der Waals surface area (Å²) in [7, 11) is 0. The molecule has 0 spiro atoms. The number of nitrogens with two attached hydrogens (primary N) is 1. The number of aryl methyl sites for hydroxylation is 1. The highest BCUT2D eigenvalue weighted by Gasteiger charge is 2.18. The Morgan fingerprint density at radius 3 is 2.77 bits per heavy atom. The van der Waals surface area contributed by atoms with Gasteiger partial charge in [0, 0.05) is 36.7 Å². The molecule has 4 N–H and O–H groups in total. The molecular weight excluding hydrogens is 531 g/mol. The Morgan fingerprint density at radius 1 is 1.31 bits per heavy atom. The number of aromatic nitrogens is 2. The minimum absolute atomic E-state index is 0.128. The Morgan fingerprint density at radius 2 is 2.08 bits per heavy atom. The summed E-state index contributed by atoms with van der Waals surface area (Å²) in [6, 6.07) is 6.19. The molecule has 1 aromatic carbocycles. The van der Waals surface area contributed by atoms with E-state index >= 15 is 0 Å². The summed E-state index contributed by atoms with van der Waals surface area (Å²) in [5, 5.41) is 7.44. The summed E-state index contributed by atoms with van der Waals surface area (Å²) < 4.78 is 0. The van der Waals surface area contributed by atoms with Gasteiger partial charge >= 0.3 is 0 Å². The van der Waals surface area contributed by atoms with Gasteiger partial charge in [-0.15, -0.1) is 0 Å². The number of hydrogen-bond acceptors (Lipinski definition) is 6. The summed E-state index contributed by atoms with van der Waals surface area (Å²) in [4.78, 5) is 21.0. The van der Waals surface area contributed by atoms with Crippen LogP contribution in [0.1, 0.15) is 51.5 Å². The standard InChI is InChI=1S/C30H40Cl2N6O/c1-4-21(3)16-25(33)17-22(5-2)6-7-24-18-26(36-29-27(31)19-35-30(32)37-29)8-9-28(24)34-13-10-23-11-14-38(20-39)15-12-23/h5,8-9,16-21,23,34H,2,4,6-7,10-15,33H2,1,3H3,(H,35,36,37)/b22-17+,25-16+. The molecule has 1 aliphatic rings. The molecule has 0 saturated carbocycles. The van der Waals surface area contributed by atoms with Crippen molar-refractivity contribution in [3.8, 4) is 0 Å². The van der Waals surface area contributed by atoms with Gasteiger partial charge in [0.15, 0.2) is 5.82 Å². The maximum atomic E-state index is 11.0. The zero-order chi connectivity index (χ0) is 28.2. The highest BCUT2D eigenvalue weighted by Crippen LogP contribution is 2.29. The minimum atomic E-state index is 0.128.